The Bertz CT molecular complexity index is 230. The Hall–Kier alpha value is -1.30. The fraction of sp³-hybridized carbons (Fsp3) is 0.818. The molecule has 0 aromatic heterocycles. The number of hydrogen-bond acceptors (Lipinski definition) is 3. The lowest BCUT2D eigenvalue weighted by molar-refractivity contribution is -0.121. The Morgan fingerprint density at radius 2 is 1.76 bits per heavy atom. The minimum atomic E-state index is -0.125. The maximum absolute atomic E-state index is 11.5. The zero-order valence-electron chi connectivity index (χ0n) is 10.9. The number of amides is 3. The third kappa shape index (κ3) is 7.57. The van der Waals surface area contributed by atoms with Gasteiger partial charge in [0.15, 0.2) is 0 Å². The molecule has 17 heavy (non-hydrogen) atoms. The van der Waals surface area contributed by atoms with Gasteiger partial charge in [0, 0.05) is 39.7 Å². The highest BCUT2D eigenvalue weighted by atomic mass is 16.5. The molecule has 0 aliphatic rings. The van der Waals surface area contributed by atoms with Crippen LogP contribution < -0.4 is 10.6 Å². The maximum Gasteiger partial charge on any atom is 0.317 e. The van der Waals surface area contributed by atoms with Crippen molar-refractivity contribution in [3.8, 4) is 0 Å². The molecule has 0 aliphatic heterocycles. The second-order valence-corrected chi connectivity index (χ2v) is 3.50. The number of hydrogen-bond donors (Lipinski definition) is 2. The monoisotopic (exact) mass is 245 g/mol. The summed E-state index contributed by atoms with van der Waals surface area (Å²) in [5, 5.41) is 5.39. The SMILES string of the molecule is CCN(CC)C(=O)NCCC(=O)NCCOC. The lowest BCUT2D eigenvalue weighted by Crippen LogP contribution is -2.41. The molecule has 6 heteroatoms. The second kappa shape index (κ2) is 9.89. The van der Waals surface area contributed by atoms with Crippen molar-refractivity contribution in [3.63, 3.8) is 0 Å². The van der Waals surface area contributed by atoms with Crippen molar-refractivity contribution in [1.82, 2.24) is 15.5 Å². The van der Waals surface area contributed by atoms with Crippen LogP contribution in [-0.2, 0) is 9.53 Å². The first-order chi connectivity index (χ1) is 8.15. The molecule has 3 amide bonds. The van der Waals surface area contributed by atoms with Gasteiger partial charge in [-0.2, -0.15) is 0 Å². The Kier molecular flexibility index (Phi) is 9.14. The van der Waals surface area contributed by atoms with Crippen LogP contribution in [0.4, 0.5) is 4.79 Å². The van der Waals surface area contributed by atoms with E-state index in [-0.39, 0.29) is 18.4 Å². The van der Waals surface area contributed by atoms with Gasteiger partial charge >= 0.3 is 6.03 Å². The number of urea groups is 1. The molecule has 0 saturated carbocycles. The van der Waals surface area contributed by atoms with E-state index >= 15 is 0 Å². The summed E-state index contributed by atoms with van der Waals surface area (Å²) in [4.78, 5) is 24.5. The fourth-order valence-electron chi connectivity index (χ4n) is 1.29. The molecule has 0 radical (unpaired) electrons. The van der Waals surface area contributed by atoms with Gasteiger partial charge in [0.25, 0.3) is 0 Å². The van der Waals surface area contributed by atoms with Crippen LogP contribution in [-0.4, -0.2) is 56.7 Å². The summed E-state index contributed by atoms with van der Waals surface area (Å²) >= 11 is 0. The maximum atomic E-state index is 11.5. The highest BCUT2D eigenvalue weighted by molar-refractivity contribution is 5.78. The van der Waals surface area contributed by atoms with E-state index in [0.717, 1.165) is 0 Å². The van der Waals surface area contributed by atoms with E-state index in [1.54, 1.807) is 12.0 Å². The minimum absolute atomic E-state index is 0.0816. The average molecular weight is 245 g/mol. The molecule has 0 spiro atoms. The van der Waals surface area contributed by atoms with Gasteiger partial charge in [0.05, 0.1) is 6.61 Å². The summed E-state index contributed by atoms with van der Waals surface area (Å²) in [6.45, 7) is 6.52. The van der Waals surface area contributed by atoms with Crippen molar-refractivity contribution in [2.75, 3.05) is 39.9 Å². The molecule has 0 rings (SSSR count). The van der Waals surface area contributed by atoms with E-state index in [2.05, 4.69) is 10.6 Å². The van der Waals surface area contributed by atoms with E-state index in [4.69, 9.17) is 4.74 Å². The van der Waals surface area contributed by atoms with Crippen LogP contribution >= 0.6 is 0 Å². The molecule has 100 valence electrons. The zero-order valence-corrected chi connectivity index (χ0v) is 10.9. The summed E-state index contributed by atoms with van der Waals surface area (Å²) in [5.74, 6) is -0.0816. The van der Waals surface area contributed by atoms with E-state index in [1.807, 2.05) is 13.8 Å². The summed E-state index contributed by atoms with van der Waals surface area (Å²) < 4.78 is 4.80. The molecule has 0 fully saturated rings. The van der Waals surface area contributed by atoms with Crippen molar-refractivity contribution in [3.05, 3.63) is 0 Å². The van der Waals surface area contributed by atoms with E-state index in [1.165, 1.54) is 0 Å². The van der Waals surface area contributed by atoms with Crippen LogP contribution in [0.5, 0.6) is 0 Å². The number of nitrogens with one attached hydrogen (secondary N) is 2. The molecule has 6 nitrogen and oxygen atoms in total. The minimum Gasteiger partial charge on any atom is -0.383 e. The third-order valence-corrected chi connectivity index (χ3v) is 2.31. The molecule has 0 unspecified atom stereocenters. The van der Waals surface area contributed by atoms with E-state index in [9.17, 15) is 9.59 Å². The number of rotatable bonds is 8. The number of carbonyl (C=O) groups is 2. The summed E-state index contributed by atoms with van der Waals surface area (Å²) in [5.41, 5.74) is 0. The fourth-order valence-corrected chi connectivity index (χ4v) is 1.29. The zero-order chi connectivity index (χ0) is 13.1. The lowest BCUT2D eigenvalue weighted by Gasteiger charge is -2.18. The van der Waals surface area contributed by atoms with E-state index < -0.39 is 0 Å². The van der Waals surface area contributed by atoms with Crippen molar-refractivity contribution in [2.45, 2.75) is 20.3 Å². The van der Waals surface area contributed by atoms with Gasteiger partial charge in [-0.3, -0.25) is 4.79 Å². The Morgan fingerprint density at radius 1 is 1.12 bits per heavy atom. The second-order valence-electron chi connectivity index (χ2n) is 3.50. The van der Waals surface area contributed by atoms with Gasteiger partial charge in [-0.05, 0) is 13.8 Å². The van der Waals surface area contributed by atoms with Gasteiger partial charge in [-0.15, -0.1) is 0 Å². The molecule has 0 aromatic carbocycles. The molecule has 0 aromatic rings. The van der Waals surface area contributed by atoms with Gasteiger partial charge in [0.2, 0.25) is 5.91 Å². The Balaban J connectivity index is 3.61. The molecule has 0 aliphatic carbocycles. The number of ether oxygens (including phenoxy) is 1. The molecule has 0 heterocycles. The molecule has 0 atom stereocenters. The molecular formula is C11H23N3O3. The van der Waals surface area contributed by atoms with Crippen LogP contribution in [0, 0.1) is 0 Å². The van der Waals surface area contributed by atoms with Crippen molar-refractivity contribution in [2.24, 2.45) is 0 Å². The lowest BCUT2D eigenvalue weighted by atomic mass is 10.4. The van der Waals surface area contributed by atoms with Crippen molar-refractivity contribution >= 4 is 11.9 Å². The quantitative estimate of drug-likeness (QED) is 0.600. The summed E-state index contributed by atoms with van der Waals surface area (Å²) in [6, 6.07) is -0.125. The molecule has 0 bridgehead atoms. The van der Waals surface area contributed by atoms with Gasteiger partial charge in [-0.25, -0.2) is 4.79 Å². The van der Waals surface area contributed by atoms with Crippen molar-refractivity contribution < 1.29 is 14.3 Å². The predicted octanol–water partition coefficient (Wildman–Crippen LogP) is 0.191. The largest absolute Gasteiger partial charge is 0.383 e. The predicted molar refractivity (Wildman–Crippen MR) is 65.8 cm³/mol. The molecular weight excluding hydrogens is 222 g/mol. The highest BCUT2D eigenvalue weighted by Gasteiger charge is 2.08. The van der Waals surface area contributed by atoms with Gasteiger partial charge in [0.1, 0.15) is 0 Å². The van der Waals surface area contributed by atoms with Crippen molar-refractivity contribution in [1.29, 1.82) is 0 Å². The highest BCUT2D eigenvalue weighted by Crippen LogP contribution is 1.88. The number of carbonyl (C=O) groups excluding carboxylic acids is 2. The molecule has 0 saturated heterocycles. The van der Waals surface area contributed by atoms with Crippen LogP contribution in [0.15, 0.2) is 0 Å². The van der Waals surface area contributed by atoms with Crippen LogP contribution in [0.1, 0.15) is 20.3 Å². The number of nitrogens with zero attached hydrogens (tertiary/aromatic N) is 1. The Labute approximate surface area is 103 Å². The first kappa shape index (κ1) is 15.7. The normalized spacial score (nSPS) is 9.82. The van der Waals surface area contributed by atoms with Crippen LogP contribution in [0.2, 0.25) is 0 Å². The first-order valence-corrected chi connectivity index (χ1v) is 5.94. The standard InChI is InChI=1S/C11H23N3O3/c1-4-14(5-2)11(16)13-7-6-10(15)12-8-9-17-3/h4-9H2,1-3H3,(H,12,15)(H,13,16). The smallest absolute Gasteiger partial charge is 0.317 e. The summed E-state index contributed by atoms with van der Waals surface area (Å²) in [6.07, 6.45) is 0.288. The van der Waals surface area contributed by atoms with Gasteiger partial charge in [-0.1, -0.05) is 0 Å². The van der Waals surface area contributed by atoms with E-state index in [0.29, 0.717) is 32.8 Å². The summed E-state index contributed by atoms with van der Waals surface area (Å²) in [7, 11) is 1.58. The number of methoxy groups -OCH3 is 1. The van der Waals surface area contributed by atoms with Crippen LogP contribution in [0.25, 0.3) is 0 Å². The third-order valence-electron chi connectivity index (χ3n) is 2.31. The first-order valence-electron chi connectivity index (χ1n) is 5.94. The van der Waals surface area contributed by atoms with Gasteiger partial charge < -0.3 is 20.3 Å². The molecule has 2 N–H and O–H groups in total. The van der Waals surface area contributed by atoms with Crippen LogP contribution in [0.3, 0.4) is 0 Å². The average Bonchev–Trinajstić information content (AvgIpc) is 2.31. The topological polar surface area (TPSA) is 70.7 Å². The Morgan fingerprint density at radius 3 is 2.29 bits per heavy atom.